The first-order chi connectivity index (χ1) is 10.3. The topological polar surface area (TPSA) is 45.7 Å². The molecule has 0 aliphatic carbocycles. The fraction of sp³-hybridized carbons (Fsp3) is 0.533. The summed E-state index contributed by atoms with van der Waals surface area (Å²) in [6.07, 6.45) is 0.900. The molecule has 126 valence electrons. The Morgan fingerprint density at radius 2 is 2.09 bits per heavy atom. The van der Waals surface area contributed by atoms with Crippen LogP contribution >= 0.6 is 35.7 Å². The van der Waals surface area contributed by atoms with Gasteiger partial charge in [-0.15, -0.1) is 35.7 Å². The second-order valence-corrected chi connectivity index (χ2v) is 5.45. The van der Waals surface area contributed by atoms with E-state index in [1.165, 1.54) is 17.8 Å². The molecule has 1 aromatic rings. The summed E-state index contributed by atoms with van der Waals surface area (Å²) in [5.74, 6) is 1.41. The summed E-state index contributed by atoms with van der Waals surface area (Å²) in [7, 11) is 1.69. The summed E-state index contributed by atoms with van der Waals surface area (Å²) in [6, 6.07) is 6.83. The van der Waals surface area contributed by atoms with Crippen LogP contribution in [0.4, 0.5) is 4.39 Å². The molecule has 7 heteroatoms. The van der Waals surface area contributed by atoms with Gasteiger partial charge in [-0.2, -0.15) is 0 Å². The van der Waals surface area contributed by atoms with Crippen molar-refractivity contribution in [2.24, 2.45) is 4.99 Å². The van der Waals surface area contributed by atoms with Crippen molar-refractivity contribution in [1.29, 1.82) is 0 Å². The third-order valence-electron chi connectivity index (χ3n) is 2.61. The molecule has 0 atom stereocenters. The van der Waals surface area contributed by atoms with Crippen molar-refractivity contribution in [2.75, 3.05) is 39.1 Å². The van der Waals surface area contributed by atoms with Crippen LogP contribution in [0.1, 0.15) is 13.3 Å². The van der Waals surface area contributed by atoms with Crippen molar-refractivity contribution >= 4 is 41.7 Å². The molecule has 0 amide bonds. The zero-order valence-corrected chi connectivity index (χ0v) is 16.2. The average molecular weight is 441 g/mol. The fourth-order valence-corrected chi connectivity index (χ4v) is 2.44. The van der Waals surface area contributed by atoms with E-state index >= 15 is 0 Å². The molecule has 0 aliphatic heterocycles. The molecule has 0 saturated heterocycles. The van der Waals surface area contributed by atoms with Gasteiger partial charge in [0.2, 0.25) is 0 Å². The van der Waals surface area contributed by atoms with Gasteiger partial charge in [0.15, 0.2) is 5.96 Å². The maximum atomic E-state index is 13.4. The molecule has 22 heavy (non-hydrogen) atoms. The Morgan fingerprint density at radius 3 is 2.77 bits per heavy atom. The standard InChI is InChI=1S/C15H24FN3OS.HI/c1-3-17-15(18-9-6-11-20-2)19-10-12-21-14-8-5-4-7-13(14)16;/h4-5,7-8H,3,6,9-12H2,1-2H3,(H2,17,18,19);1H. The molecule has 0 aliphatic rings. The Morgan fingerprint density at radius 1 is 1.32 bits per heavy atom. The summed E-state index contributed by atoms with van der Waals surface area (Å²) < 4.78 is 18.4. The Kier molecular flexibility index (Phi) is 13.7. The highest BCUT2D eigenvalue weighted by molar-refractivity contribution is 14.0. The number of aliphatic imine (C=N–C) groups is 1. The minimum absolute atomic E-state index is 0. The summed E-state index contributed by atoms with van der Waals surface area (Å²) >= 11 is 1.50. The maximum Gasteiger partial charge on any atom is 0.191 e. The monoisotopic (exact) mass is 441 g/mol. The Labute approximate surface area is 153 Å². The molecule has 0 saturated carbocycles. The fourth-order valence-electron chi connectivity index (χ4n) is 1.63. The Hall–Kier alpha value is -0.540. The van der Waals surface area contributed by atoms with Crippen LogP contribution in [-0.2, 0) is 4.74 Å². The molecular weight excluding hydrogens is 416 g/mol. The number of methoxy groups -OCH3 is 1. The lowest BCUT2D eigenvalue weighted by Gasteiger charge is -2.11. The smallest absolute Gasteiger partial charge is 0.191 e. The number of rotatable bonds is 9. The third kappa shape index (κ3) is 9.47. The first kappa shape index (κ1) is 21.5. The van der Waals surface area contributed by atoms with Crippen LogP contribution in [-0.4, -0.2) is 45.1 Å². The molecule has 0 bridgehead atoms. The predicted molar refractivity (Wildman–Crippen MR) is 103 cm³/mol. The molecule has 0 aromatic heterocycles. The van der Waals surface area contributed by atoms with Gasteiger partial charge >= 0.3 is 0 Å². The number of ether oxygens (including phenoxy) is 1. The number of thioether (sulfide) groups is 1. The van der Waals surface area contributed by atoms with Gasteiger partial charge in [0, 0.05) is 44.0 Å². The number of benzene rings is 1. The minimum atomic E-state index is -0.164. The highest BCUT2D eigenvalue weighted by Gasteiger charge is 2.01. The Balaban J connectivity index is 0.00000441. The number of hydrogen-bond acceptors (Lipinski definition) is 3. The highest BCUT2D eigenvalue weighted by atomic mass is 127. The van der Waals surface area contributed by atoms with E-state index in [1.54, 1.807) is 19.2 Å². The van der Waals surface area contributed by atoms with Gasteiger partial charge in [-0.25, -0.2) is 4.39 Å². The maximum absolute atomic E-state index is 13.4. The van der Waals surface area contributed by atoms with Crippen LogP contribution < -0.4 is 10.6 Å². The van der Waals surface area contributed by atoms with Gasteiger partial charge in [0.25, 0.3) is 0 Å². The summed E-state index contributed by atoms with van der Waals surface area (Å²) in [5, 5.41) is 6.43. The van der Waals surface area contributed by atoms with E-state index in [0.717, 1.165) is 37.8 Å². The third-order valence-corrected chi connectivity index (χ3v) is 3.66. The van der Waals surface area contributed by atoms with Crippen LogP contribution in [0.5, 0.6) is 0 Å². The van der Waals surface area contributed by atoms with Gasteiger partial charge in [0.1, 0.15) is 5.82 Å². The van der Waals surface area contributed by atoms with Gasteiger partial charge in [-0.3, -0.25) is 4.99 Å². The second-order valence-electron chi connectivity index (χ2n) is 4.31. The molecule has 0 unspecified atom stereocenters. The van der Waals surface area contributed by atoms with Crippen LogP contribution in [0.15, 0.2) is 34.2 Å². The van der Waals surface area contributed by atoms with Crippen molar-refractivity contribution in [3.05, 3.63) is 30.1 Å². The van der Waals surface area contributed by atoms with Gasteiger partial charge in [-0.1, -0.05) is 12.1 Å². The lowest BCUT2D eigenvalue weighted by atomic mass is 10.3. The first-order valence-corrected chi connectivity index (χ1v) is 8.15. The molecule has 4 nitrogen and oxygen atoms in total. The van der Waals surface area contributed by atoms with E-state index < -0.39 is 0 Å². The number of guanidine groups is 1. The lowest BCUT2D eigenvalue weighted by Crippen LogP contribution is -2.38. The van der Waals surface area contributed by atoms with Crippen molar-refractivity contribution in [2.45, 2.75) is 18.2 Å². The largest absolute Gasteiger partial charge is 0.385 e. The molecule has 0 radical (unpaired) electrons. The molecule has 0 fully saturated rings. The molecule has 0 spiro atoms. The normalized spacial score (nSPS) is 11.0. The van der Waals surface area contributed by atoms with Gasteiger partial charge in [0.05, 0.1) is 0 Å². The number of halogens is 2. The van der Waals surface area contributed by atoms with E-state index in [0.29, 0.717) is 11.5 Å². The molecular formula is C15H25FIN3OS. The van der Waals surface area contributed by atoms with E-state index in [-0.39, 0.29) is 29.8 Å². The lowest BCUT2D eigenvalue weighted by molar-refractivity contribution is 0.197. The molecule has 1 aromatic carbocycles. The van der Waals surface area contributed by atoms with E-state index in [1.807, 2.05) is 13.0 Å². The average Bonchev–Trinajstić information content (AvgIpc) is 2.49. The number of nitrogens with one attached hydrogen (secondary N) is 2. The van der Waals surface area contributed by atoms with Crippen molar-refractivity contribution in [3.63, 3.8) is 0 Å². The molecule has 0 heterocycles. The van der Waals surface area contributed by atoms with Crippen LogP contribution in [0.2, 0.25) is 0 Å². The second kappa shape index (κ2) is 14.1. The van der Waals surface area contributed by atoms with Crippen molar-refractivity contribution in [1.82, 2.24) is 10.6 Å². The van der Waals surface area contributed by atoms with E-state index in [2.05, 4.69) is 15.6 Å². The Bertz CT molecular complexity index is 435. The summed E-state index contributed by atoms with van der Waals surface area (Å²) in [4.78, 5) is 5.13. The van der Waals surface area contributed by atoms with Crippen LogP contribution in [0, 0.1) is 5.82 Å². The molecule has 2 N–H and O–H groups in total. The summed E-state index contributed by atoms with van der Waals surface area (Å²) in [6.45, 7) is 5.02. The van der Waals surface area contributed by atoms with Crippen molar-refractivity contribution in [3.8, 4) is 0 Å². The zero-order chi connectivity index (χ0) is 15.3. The quantitative estimate of drug-likeness (QED) is 0.203. The van der Waals surface area contributed by atoms with Crippen LogP contribution in [0.25, 0.3) is 0 Å². The van der Waals surface area contributed by atoms with Crippen LogP contribution in [0.3, 0.4) is 0 Å². The van der Waals surface area contributed by atoms with Gasteiger partial charge < -0.3 is 15.4 Å². The zero-order valence-electron chi connectivity index (χ0n) is 13.1. The number of nitrogens with zero attached hydrogens (tertiary/aromatic N) is 1. The van der Waals surface area contributed by atoms with E-state index in [4.69, 9.17) is 4.74 Å². The van der Waals surface area contributed by atoms with Gasteiger partial charge in [-0.05, 0) is 25.5 Å². The SMILES string of the molecule is CCNC(=NCCCOC)NCCSc1ccccc1F.I. The number of hydrogen-bond donors (Lipinski definition) is 2. The van der Waals surface area contributed by atoms with E-state index in [9.17, 15) is 4.39 Å². The predicted octanol–water partition coefficient (Wildman–Crippen LogP) is 3.13. The highest BCUT2D eigenvalue weighted by Crippen LogP contribution is 2.20. The first-order valence-electron chi connectivity index (χ1n) is 7.16. The summed E-state index contributed by atoms with van der Waals surface area (Å²) in [5.41, 5.74) is 0. The van der Waals surface area contributed by atoms with Crippen molar-refractivity contribution < 1.29 is 9.13 Å². The molecule has 1 rings (SSSR count). The minimum Gasteiger partial charge on any atom is -0.385 e.